The molecule has 2 aromatic rings. The molecule has 6 nitrogen and oxygen atoms in total. The van der Waals surface area contributed by atoms with Gasteiger partial charge in [-0.05, 0) is 30.2 Å². The fraction of sp³-hybridized carbons (Fsp3) is 0.476. The summed E-state index contributed by atoms with van der Waals surface area (Å²) in [4.78, 5) is 24.6. The third-order valence-corrected chi connectivity index (χ3v) is 6.22. The van der Waals surface area contributed by atoms with Gasteiger partial charge in [-0.1, -0.05) is 0 Å². The van der Waals surface area contributed by atoms with Crippen LogP contribution in [0, 0.1) is 12.8 Å². The van der Waals surface area contributed by atoms with Crippen molar-refractivity contribution in [2.75, 3.05) is 18.0 Å². The molecule has 30 heavy (non-hydrogen) atoms. The fourth-order valence-corrected chi connectivity index (χ4v) is 4.48. The van der Waals surface area contributed by atoms with Gasteiger partial charge in [-0.25, -0.2) is 0 Å². The van der Waals surface area contributed by atoms with Crippen molar-refractivity contribution in [1.82, 2.24) is 14.9 Å². The van der Waals surface area contributed by atoms with Crippen LogP contribution in [0.5, 0.6) is 0 Å². The Morgan fingerprint density at radius 3 is 2.77 bits per heavy atom. The van der Waals surface area contributed by atoms with E-state index < -0.39 is 11.9 Å². The van der Waals surface area contributed by atoms with Crippen LogP contribution in [0.4, 0.5) is 18.9 Å². The van der Waals surface area contributed by atoms with Crippen molar-refractivity contribution in [1.29, 1.82) is 0 Å². The predicted molar refractivity (Wildman–Crippen MR) is 101 cm³/mol. The van der Waals surface area contributed by atoms with Crippen molar-refractivity contribution in [3.8, 4) is 0 Å². The summed E-state index contributed by atoms with van der Waals surface area (Å²) >= 11 is 0. The number of fused-ring (bicyclic) bond motifs is 2. The maximum absolute atomic E-state index is 12.8. The molecular weight excluding hydrogens is 397 g/mol. The van der Waals surface area contributed by atoms with Gasteiger partial charge in [0.15, 0.2) is 0 Å². The summed E-state index contributed by atoms with van der Waals surface area (Å²) in [5.41, 5.74) is 4.98. The molecule has 3 aliphatic rings. The standard InChI is InChI=1S/C21H21F3N4O2/c1-12-15-8-28(9-17(15)26-18-11-30-10-16(12)18)20(29)4-13-6-27(7-13)14-2-3-25-19(5-14)21(22,23)24/h2-3,5,13H,4,6-11H2,1H3. The van der Waals surface area contributed by atoms with E-state index in [9.17, 15) is 18.0 Å². The third kappa shape index (κ3) is 3.30. The highest BCUT2D eigenvalue weighted by molar-refractivity contribution is 5.77. The molecule has 0 aliphatic carbocycles. The van der Waals surface area contributed by atoms with Crippen molar-refractivity contribution in [2.24, 2.45) is 5.92 Å². The Balaban J connectivity index is 1.19. The highest BCUT2D eigenvalue weighted by Gasteiger charge is 2.36. The lowest BCUT2D eigenvalue weighted by molar-refractivity contribution is -0.141. The molecule has 0 N–H and O–H groups in total. The molecule has 0 bridgehead atoms. The molecular formula is C21H21F3N4O2. The Morgan fingerprint density at radius 2 is 2.00 bits per heavy atom. The van der Waals surface area contributed by atoms with Crippen molar-refractivity contribution in [3.63, 3.8) is 0 Å². The second-order valence-electron chi connectivity index (χ2n) is 8.20. The number of amides is 1. The summed E-state index contributed by atoms with van der Waals surface area (Å²) in [6.45, 7) is 5.38. The molecule has 2 aromatic heterocycles. The number of hydrogen-bond donors (Lipinski definition) is 0. The lowest BCUT2D eigenvalue weighted by Crippen LogP contribution is -2.48. The summed E-state index contributed by atoms with van der Waals surface area (Å²) in [6.07, 6.45) is -2.89. The first-order chi connectivity index (χ1) is 14.3. The summed E-state index contributed by atoms with van der Waals surface area (Å²) in [5.74, 6) is 0.204. The van der Waals surface area contributed by atoms with Gasteiger partial charge in [-0.2, -0.15) is 13.2 Å². The summed E-state index contributed by atoms with van der Waals surface area (Å²) in [7, 11) is 0. The first kappa shape index (κ1) is 19.3. The zero-order chi connectivity index (χ0) is 21.0. The van der Waals surface area contributed by atoms with Gasteiger partial charge in [0.1, 0.15) is 5.69 Å². The predicted octanol–water partition coefficient (Wildman–Crippen LogP) is 3.20. The third-order valence-electron chi connectivity index (χ3n) is 6.22. The number of alkyl halides is 3. The highest BCUT2D eigenvalue weighted by atomic mass is 19.4. The molecule has 5 heterocycles. The number of carbonyl (C=O) groups is 1. The molecule has 0 unspecified atom stereocenters. The molecule has 9 heteroatoms. The lowest BCUT2D eigenvalue weighted by atomic mass is 9.95. The molecule has 1 amide bonds. The van der Waals surface area contributed by atoms with Gasteiger partial charge < -0.3 is 14.5 Å². The summed E-state index contributed by atoms with van der Waals surface area (Å²) in [6, 6.07) is 2.63. The average molecular weight is 418 g/mol. The maximum atomic E-state index is 12.8. The van der Waals surface area contributed by atoms with E-state index in [1.54, 1.807) is 6.07 Å². The van der Waals surface area contributed by atoms with Crippen LogP contribution in [-0.2, 0) is 42.0 Å². The van der Waals surface area contributed by atoms with Crippen molar-refractivity contribution in [3.05, 3.63) is 52.1 Å². The first-order valence-electron chi connectivity index (χ1n) is 9.93. The molecule has 0 atom stereocenters. The molecule has 1 fully saturated rings. The van der Waals surface area contributed by atoms with E-state index in [0.717, 1.165) is 28.6 Å². The van der Waals surface area contributed by atoms with E-state index in [4.69, 9.17) is 9.72 Å². The van der Waals surface area contributed by atoms with Gasteiger partial charge in [0.05, 0.1) is 31.1 Å². The molecule has 0 aromatic carbocycles. The Hall–Kier alpha value is -2.68. The van der Waals surface area contributed by atoms with E-state index in [2.05, 4.69) is 11.9 Å². The van der Waals surface area contributed by atoms with E-state index >= 15 is 0 Å². The SMILES string of the molecule is Cc1c2c(nc3c1CN(C(=O)CC1CN(c4ccnc(C(F)(F)F)c4)C1)C3)COC2. The fourth-order valence-electron chi connectivity index (χ4n) is 4.48. The zero-order valence-corrected chi connectivity index (χ0v) is 16.5. The second-order valence-corrected chi connectivity index (χ2v) is 8.20. The van der Waals surface area contributed by atoms with Crippen molar-refractivity contribution in [2.45, 2.75) is 45.8 Å². The van der Waals surface area contributed by atoms with Crippen LogP contribution in [0.15, 0.2) is 18.3 Å². The number of halogens is 3. The van der Waals surface area contributed by atoms with Crippen LogP contribution in [0.25, 0.3) is 0 Å². The lowest BCUT2D eigenvalue weighted by Gasteiger charge is -2.41. The van der Waals surface area contributed by atoms with Crippen LogP contribution in [0.3, 0.4) is 0 Å². The number of hydrogen-bond acceptors (Lipinski definition) is 5. The van der Waals surface area contributed by atoms with Gasteiger partial charge in [0.25, 0.3) is 0 Å². The Labute approximate surface area is 171 Å². The Morgan fingerprint density at radius 1 is 1.20 bits per heavy atom. The minimum Gasteiger partial charge on any atom is -0.371 e. The number of carbonyl (C=O) groups excluding carboxylic acids is 1. The second kappa shape index (κ2) is 6.94. The van der Waals surface area contributed by atoms with Crippen LogP contribution < -0.4 is 4.90 Å². The monoisotopic (exact) mass is 418 g/mol. The van der Waals surface area contributed by atoms with Gasteiger partial charge >= 0.3 is 6.18 Å². The molecule has 3 aliphatic heterocycles. The van der Waals surface area contributed by atoms with Crippen LogP contribution in [0.2, 0.25) is 0 Å². The van der Waals surface area contributed by atoms with Crippen LogP contribution >= 0.6 is 0 Å². The van der Waals surface area contributed by atoms with Crippen LogP contribution in [-0.4, -0.2) is 33.9 Å². The van der Waals surface area contributed by atoms with E-state index in [0.29, 0.717) is 51.5 Å². The topological polar surface area (TPSA) is 58.6 Å². The van der Waals surface area contributed by atoms with Crippen LogP contribution in [0.1, 0.15) is 40.2 Å². The normalized spacial score (nSPS) is 18.4. The average Bonchev–Trinajstić information content (AvgIpc) is 3.31. The quantitative estimate of drug-likeness (QED) is 0.766. The minimum atomic E-state index is -4.46. The number of ether oxygens (including phenoxy) is 1. The summed E-state index contributed by atoms with van der Waals surface area (Å²) < 4.78 is 44.0. The largest absolute Gasteiger partial charge is 0.433 e. The number of aromatic nitrogens is 2. The van der Waals surface area contributed by atoms with Gasteiger partial charge in [0, 0.05) is 49.4 Å². The van der Waals surface area contributed by atoms with Gasteiger partial charge in [-0.3, -0.25) is 14.8 Å². The molecule has 1 saturated heterocycles. The summed E-state index contributed by atoms with van der Waals surface area (Å²) in [5, 5.41) is 0. The maximum Gasteiger partial charge on any atom is 0.433 e. The van der Waals surface area contributed by atoms with Crippen molar-refractivity contribution >= 4 is 11.6 Å². The molecule has 0 radical (unpaired) electrons. The van der Waals surface area contributed by atoms with E-state index in [1.807, 2.05) is 9.80 Å². The van der Waals surface area contributed by atoms with Gasteiger partial charge in [0.2, 0.25) is 5.91 Å². The molecule has 5 rings (SSSR count). The smallest absolute Gasteiger partial charge is 0.371 e. The molecule has 158 valence electrons. The van der Waals surface area contributed by atoms with Crippen molar-refractivity contribution < 1.29 is 22.7 Å². The van der Waals surface area contributed by atoms with Gasteiger partial charge in [-0.15, -0.1) is 0 Å². The number of rotatable bonds is 3. The molecule has 0 saturated carbocycles. The van der Waals surface area contributed by atoms with E-state index in [-0.39, 0.29) is 11.8 Å². The number of pyridine rings is 2. The number of anilines is 1. The van der Waals surface area contributed by atoms with E-state index in [1.165, 1.54) is 11.8 Å². The first-order valence-corrected chi connectivity index (χ1v) is 9.93. The zero-order valence-electron chi connectivity index (χ0n) is 16.5. The number of nitrogens with zero attached hydrogens (tertiary/aromatic N) is 4. The highest BCUT2D eigenvalue weighted by Crippen LogP contribution is 2.34. The Kier molecular flexibility index (Phi) is 4.46. The molecule has 0 spiro atoms. The minimum absolute atomic E-state index is 0.0687. The Bertz CT molecular complexity index is 1020.